The number of hydrogen-bond acceptors (Lipinski definition) is 4. The molecule has 10 heteroatoms. The predicted molar refractivity (Wildman–Crippen MR) is 151 cm³/mol. The Balaban J connectivity index is 0.000000252. The third-order valence-corrected chi connectivity index (χ3v) is 7.39. The van der Waals surface area contributed by atoms with Crippen LogP contribution in [0, 0.1) is 42.8 Å². The van der Waals surface area contributed by atoms with Gasteiger partial charge in [0.15, 0.2) is 0 Å². The second kappa shape index (κ2) is 14.9. The van der Waals surface area contributed by atoms with Gasteiger partial charge in [-0.15, -0.1) is 16.1 Å². The summed E-state index contributed by atoms with van der Waals surface area (Å²) in [5.41, 5.74) is 6.20. The van der Waals surface area contributed by atoms with Gasteiger partial charge in [-0.05, 0) is 60.6 Å². The zero-order valence-corrected chi connectivity index (χ0v) is 28.1. The minimum Gasteiger partial charge on any atom is -0.681 e. The standard InChI is InChI=1S/C15H15NO.C12H15FN3O2S.C2H6.U/c17-10-11-7-12-4-5-13(9-14(12)8-11)15-3-1-2-6-16-15;1-8-4-9-5-10(13)12(6-11(9)15-8)19(17,18)14-7-16(2)3;1-2;/h1-6,9,11,17H,7-8,10H2;5-8H,4H2,1-3H3;1-2H3;/q;-1;;/b;14-7+;;/t11-;;;/m0.../s1. The number of hydrogen-bond donors (Lipinski definition) is 1. The molecule has 0 spiro atoms. The van der Waals surface area contributed by atoms with Gasteiger partial charge in [0, 0.05) is 63.6 Å². The van der Waals surface area contributed by atoms with Crippen LogP contribution in [-0.4, -0.2) is 56.5 Å². The summed E-state index contributed by atoms with van der Waals surface area (Å²) >= 11 is 0. The molecule has 5 rings (SSSR count). The number of fused-ring (bicyclic) bond motifs is 2. The maximum Gasteiger partial charge on any atom is 0.286 e. The van der Waals surface area contributed by atoms with Crippen LogP contribution in [0.5, 0.6) is 0 Å². The van der Waals surface area contributed by atoms with Crippen molar-refractivity contribution in [3.63, 3.8) is 0 Å². The van der Waals surface area contributed by atoms with Gasteiger partial charge in [0.25, 0.3) is 10.0 Å². The average Bonchev–Trinajstić information content (AvgIpc) is 3.50. The molecule has 7 nitrogen and oxygen atoms in total. The Hall–Kier alpha value is -2.25. The third kappa shape index (κ3) is 8.62. The van der Waals surface area contributed by atoms with Gasteiger partial charge in [0.2, 0.25) is 0 Å². The van der Waals surface area contributed by atoms with Crippen LogP contribution in [0.25, 0.3) is 16.6 Å². The molecule has 2 atom stereocenters. The van der Waals surface area contributed by atoms with Crippen molar-refractivity contribution < 1.29 is 49.0 Å². The van der Waals surface area contributed by atoms with Gasteiger partial charge in [0.05, 0.1) is 5.69 Å². The van der Waals surface area contributed by atoms with Crippen molar-refractivity contribution in [2.45, 2.75) is 51.0 Å². The van der Waals surface area contributed by atoms with Gasteiger partial charge in [0.1, 0.15) is 17.1 Å². The number of sulfonamides is 1. The van der Waals surface area contributed by atoms with E-state index in [0.29, 0.717) is 18.0 Å². The quantitative estimate of drug-likeness (QED) is 0.272. The largest absolute Gasteiger partial charge is 0.681 e. The Labute approximate surface area is 255 Å². The molecule has 0 radical (unpaired) electrons. The minimum atomic E-state index is -4.03. The van der Waals surface area contributed by atoms with E-state index < -0.39 is 20.7 Å². The van der Waals surface area contributed by atoms with Crippen LogP contribution in [0.3, 0.4) is 0 Å². The first-order chi connectivity index (χ1) is 18.2. The van der Waals surface area contributed by atoms with Crippen LogP contribution in [0.1, 0.15) is 37.5 Å². The van der Waals surface area contributed by atoms with E-state index in [4.69, 9.17) is 0 Å². The molecule has 3 aromatic rings. The molecule has 2 heterocycles. The molecule has 0 saturated heterocycles. The number of aromatic nitrogens is 1. The second-order valence-corrected chi connectivity index (χ2v) is 11.0. The van der Waals surface area contributed by atoms with Gasteiger partial charge in [-0.3, -0.25) is 4.98 Å². The summed E-state index contributed by atoms with van der Waals surface area (Å²) in [5.74, 6) is -0.372. The first-order valence-electron chi connectivity index (χ1n) is 12.8. The van der Waals surface area contributed by atoms with Crippen molar-refractivity contribution >= 4 is 22.0 Å². The first-order valence-corrected chi connectivity index (χ1v) is 14.2. The molecule has 0 bridgehead atoms. The normalized spacial score (nSPS) is 17.0. The van der Waals surface area contributed by atoms with Gasteiger partial charge in [-0.2, -0.15) is 8.42 Å². The topological polar surface area (TPSA) is 97.0 Å². The van der Waals surface area contributed by atoms with Crippen molar-refractivity contribution in [2.24, 2.45) is 10.3 Å². The molecule has 1 aliphatic heterocycles. The fraction of sp³-hybridized carbons (Fsp3) is 0.379. The molecule has 2 aromatic carbocycles. The zero-order valence-electron chi connectivity index (χ0n) is 23.1. The Kier molecular flexibility index (Phi) is 12.6. The van der Waals surface area contributed by atoms with Crippen molar-refractivity contribution in [1.82, 2.24) is 9.88 Å². The van der Waals surface area contributed by atoms with Crippen LogP contribution in [0.4, 0.5) is 10.1 Å². The summed E-state index contributed by atoms with van der Waals surface area (Å²) in [6, 6.07) is 15.0. The summed E-state index contributed by atoms with van der Waals surface area (Å²) < 4.78 is 41.2. The molecular weight excluding hydrogens is 741 g/mol. The van der Waals surface area contributed by atoms with Crippen LogP contribution in [-0.2, 0) is 29.3 Å². The van der Waals surface area contributed by atoms with Crippen LogP contribution < -0.4 is 0 Å². The Bertz CT molecular complexity index is 1370. The summed E-state index contributed by atoms with van der Waals surface area (Å²) in [4.78, 5) is 5.40. The molecule has 0 amide bonds. The molecular formula is C29H36FN4O3SU-. The fourth-order valence-electron chi connectivity index (χ4n) is 4.41. The van der Waals surface area contributed by atoms with Crippen LogP contribution in [0.15, 0.2) is 64.0 Å². The van der Waals surface area contributed by atoms with Gasteiger partial charge < -0.3 is 15.3 Å². The monoisotopic (exact) mass is 777 g/mol. The summed E-state index contributed by atoms with van der Waals surface area (Å²) in [7, 11) is -0.764. The number of pyridine rings is 1. The van der Waals surface area contributed by atoms with E-state index in [1.807, 2.05) is 45.2 Å². The number of nitrogens with zero attached hydrogens (tertiary/aromatic N) is 4. The van der Waals surface area contributed by atoms with Gasteiger partial charge >= 0.3 is 0 Å². The zero-order chi connectivity index (χ0) is 27.9. The van der Waals surface area contributed by atoms with Crippen LogP contribution >= 0.6 is 0 Å². The predicted octanol–water partition coefficient (Wildman–Crippen LogP) is 5.54. The number of halogens is 1. The Morgan fingerprint density at radius 3 is 2.44 bits per heavy atom. The molecule has 1 aromatic heterocycles. The third-order valence-electron chi connectivity index (χ3n) is 6.15. The fourth-order valence-corrected chi connectivity index (χ4v) is 5.40. The number of rotatable bonds is 5. The first kappa shape index (κ1) is 33.0. The van der Waals surface area contributed by atoms with E-state index in [1.165, 1.54) is 33.7 Å². The van der Waals surface area contributed by atoms with Crippen LogP contribution in [0.2, 0.25) is 0 Å². The molecule has 0 fully saturated rings. The van der Waals surface area contributed by atoms with Crippen molar-refractivity contribution in [1.29, 1.82) is 0 Å². The molecule has 1 unspecified atom stereocenters. The van der Waals surface area contributed by atoms with E-state index in [2.05, 4.69) is 32.9 Å². The maximum absolute atomic E-state index is 13.9. The van der Waals surface area contributed by atoms with E-state index in [0.717, 1.165) is 30.4 Å². The second-order valence-electron chi connectivity index (χ2n) is 9.41. The van der Waals surface area contributed by atoms with E-state index in [9.17, 15) is 17.9 Å². The number of aliphatic hydroxyl groups excluding tert-OH is 1. The summed E-state index contributed by atoms with van der Waals surface area (Å²) in [6.45, 7) is 6.18. The van der Waals surface area contributed by atoms with E-state index in [-0.39, 0.29) is 43.8 Å². The number of benzene rings is 2. The Morgan fingerprint density at radius 1 is 1.08 bits per heavy atom. The van der Waals surface area contributed by atoms with Crippen molar-refractivity contribution in [3.05, 3.63) is 82.6 Å². The summed E-state index contributed by atoms with van der Waals surface area (Å²) in [5, 5.41) is 13.5. The molecule has 208 valence electrons. The SMILES string of the molecule is CC.CC1Cc2cc(F)c(S(=O)(=O)/N=C/N(C)C)cc2[N-]1.OC[C@H]1Cc2ccc(-c3ccccn3)cc2C1.[U]. The maximum atomic E-state index is 13.9. The molecule has 0 saturated carbocycles. The molecule has 2 aliphatic rings. The minimum absolute atomic E-state index is 0. The van der Waals surface area contributed by atoms with Crippen molar-refractivity contribution in [3.8, 4) is 11.3 Å². The smallest absolute Gasteiger partial charge is 0.286 e. The molecule has 39 heavy (non-hydrogen) atoms. The average molecular weight is 778 g/mol. The van der Waals surface area contributed by atoms with Gasteiger partial charge in [-0.25, -0.2) is 4.39 Å². The molecule has 1 aliphatic carbocycles. The van der Waals surface area contributed by atoms with E-state index >= 15 is 0 Å². The van der Waals surface area contributed by atoms with E-state index in [1.54, 1.807) is 14.1 Å². The summed E-state index contributed by atoms with van der Waals surface area (Å²) in [6.07, 6.45) is 5.58. The van der Waals surface area contributed by atoms with Gasteiger partial charge in [-0.1, -0.05) is 50.6 Å². The molecule has 1 N–H and O–H groups in total. The van der Waals surface area contributed by atoms with Crippen molar-refractivity contribution in [2.75, 3.05) is 20.7 Å². The number of aliphatic hydroxyl groups is 1. The Morgan fingerprint density at radius 2 is 1.79 bits per heavy atom.